The lowest BCUT2D eigenvalue weighted by molar-refractivity contribution is -0.120. The second-order valence-corrected chi connectivity index (χ2v) is 5.76. The molecule has 2 aromatic rings. The molecule has 0 aromatic heterocycles. The zero-order valence-electron chi connectivity index (χ0n) is 14.8. The van der Waals surface area contributed by atoms with Gasteiger partial charge in [-0.3, -0.25) is 9.59 Å². The van der Waals surface area contributed by atoms with Crippen molar-refractivity contribution in [2.75, 3.05) is 13.2 Å². The second kappa shape index (κ2) is 8.87. The quantitative estimate of drug-likeness (QED) is 0.814. The second-order valence-electron chi connectivity index (χ2n) is 5.76. The molecule has 132 valence electrons. The summed E-state index contributed by atoms with van der Waals surface area (Å²) in [6.07, 6.45) is 0. The third kappa shape index (κ3) is 5.08. The summed E-state index contributed by atoms with van der Waals surface area (Å²) in [5.41, 5.74) is 2.60. The predicted molar refractivity (Wildman–Crippen MR) is 97.7 cm³/mol. The molecule has 0 heterocycles. The molecular formula is C20H24N2O3. The highest BCUT2D eigenvalue weighted by molar-refractivity contribution is 5.98. The standard InChI is InChI=1S/C20H24N2O3/c1-4-25-18-12-8-7-11-17(18)20(24)21-13-19(23)22-15(3)16-10-6-5-9-14(16)2/h5-12,15H,4,13H2,1-3H3,(H,21,24)(H,22,23). The SMILES string of the molecule is CCOc1ccccc1C(=O)NCC(=O)NC(C)c1ccccc1C. The molecule has 0 saturated heterocycles. The fourth-order valence-corrected chi connectivity index (χ4v) is 2.63. The zero-order chi connectivity index (χ0) is 18.2. The Morgan fingerprint density at radius 2 is 1.76 bits per heavy atom. The molecule has 1 atom stereocenters. The highest BCUT2D eigenvalue weighted by Gasteiger charge is 2.15. The van der Waals surface area contributed by atoms with Gasteiger partial charge in [0.15, 0.2) is 0 Å². The summed E-state index contributed by atoms with van der Waals surface area (Å²) in [4.78, 5) is 24.4. The highest BCUT2D eigenvalue weighted by atomic mass is 16.5. The summed E-state index contributed by atoms with van der Waals surface area (Å²) in [5, 5.41) is 5.54. The van der Waals surface area contributed by atoms with Crippen LogP contribution in [-0.4, -0.2) is 25.0 Å². The van der Waals surface area contributed by atoms with Crippen molar-refractivity contribution in [2.24, 2.45) is 0 Å². The monoisotopic (exact) mass is 340 g/mol. The van der Waals surface area contributed by atoms with E-state index in [0.717, 1.165) is 11.1 Å². The lowest BCUT2D eigenvalue weighted by Crippen LogP contribution is -2.38. The molecule has 0 radical (unpaired) electrons. The number of hydrogen-bond acceptors (Lipinski definition) is 3. The minimum Gasteiger partial charge on any atom is -0.493 e. The van der Waals surface area contributed by atoms with Crippen molar-refractivity contribution in [1.82, 2.24) is 10.6 Å². The number of rotatable bonds is 7. The van der Waals surface area contributed by atoms with Crippen LogP contribution in [0.15, 0.2) is 48.5 Å². The number of carbonyl (C=O) groups excluding carboxylic acids is 2. The summed E-state index contributed by atoms with van der Waals surface area (Å²) in [5.74, 6) is -0.0584. The average Bonchev–Trinajstić information content (AvgIpc) is 2.60. The number of para-hydroxylation sites is 1. The number of nitrogens with one attached hydrogen (secondary N) is 2. The molecule has 2 N–H and O–H groups in total. The Morgan fingerprint density at radius 1 is 1.08 bits per heavy atom. The summed E-state index contributed by atoms with van der Waals surface area (Å²) in [7, 11) is 0. The maximum atomic E-state index is 12.3. The number of aryl methyl sites for hydroxylation is 1. The van der Waals surface area contributed by atoms with Gasteiger partial charge in [0.05, 0.1) is 24.8 Å². The first-order valence-electron chi connectivity index (χ1n) is 8.37. The molecule has 0 aliphatic rings. The van der Waals surface area contributed by atoms with E-state index >= 15 is 0 Å². The largest absolute Gasteiger partial charge is 0.493 e. The molecule has 0 saturated carbocycles. The van der Waals surface area contributed by atoms with Gasteiger partial charge in [-0.1, -0.05) is 36.4 Å². The van der Waals surface area contributed by atoms with Crippen LogP contribution < -0.4 is 15.4 Å². The van der Waals surface area contributed by atoms with Crippen LogP contribution in [0.25, 0.3) is 0 Å². The van der Waals surface area contributed by atoms with Gasteiger partial charge in [0.2, 0.25) is 5.91 Å². The van der Waals surface area contributed by atoms with E-state index in [1.807, 2.05) is 45.0 Å². The Balaban J connectivity index is 1.92. The van der Waals surface area contributed by atoms with Crippen molar-refractivity contribution in [1.29, 1.82) is 0 Å². The number of carbonyl (C=O) groups is 2. The van der Waals surface area contributed by atoms with Crippen molar-refractivity contribution in [3.63, 3.8) is 0 Å². The van der Waals surface area contributed by atoms with Gasteiger partial charge >= 0.3 is 0 Å². The van der Waals surface area contributed by atoms with Crippen LogP contribution in [-0.2, 0) is 4.79 Å². The summed E-state index contributed by atoms with van der Waals surface area (Å²) in [6, 6.07) is 14.7. The third-order valence-corrected chi connectivity index (χ3v) is 3.87. The van der Waals surface area contributed by atoms with Gasteiger partial charge in [0, 0.05) is 0 Å². The van der Waals surface area contributed by atoms with E-state index in [4.69, 9.17) is 4.74 Å². The minimum atomic E-state index is -0.331. The highest BCUT2D eigenvalue weighted by Crippen LogP contribution is 2.18. The zero-order valence-corrected chi connectivity index (χ0v) is 14.8. The molecule has 2 aromatic carbocycles. The molecule has 25 heavy (non-hydrogen) atoms. The maximum absolute atomic E-state index is 12.3. The molecule has 5 heteroatoms. The van der Waals surface area contributed by atoms with E-state index in [1.165, 1.54) is 0 Å². The van der Waals surface area contributed by atoms with Gasteiger partial charge < -0.3 is 15.4 Å². The third-order valence-electron chi connectivity index (χ3n) is 3.87. The van der Waals surface area contributed by atoms with Gasteiger partial charge in [-0.15, -0.1) is 0 Å². The van der Waals surface area contributed by atoms with Crippen LogP contribution in [0.1, 0.15) is 41.4 Å². The normalized spacial score (nSPS) is 11.5. The number of amides is 2. The van der Waals surface area contributed by atoms with Crippen LogP contribution in [0.3, 0.4) is 0 Å². The van der Waals surface area contributed by atoms with E-state index in [0.29, 0.717) is 17.9 Å². The molecule has 5 nitrogen and oxygen atoms in total. The average molecular weight is 340 g/mol. The van der Waals surface area contributed by atoms with Crippen LogP contribution in [0.5, 0.6) is 5.75 Å². The van der Waals surface area contributed by atoms with Crippen LogP contribution >= 0.6 is 0 Å². The van der Waals surface area contributed by atoms with Gasteiger partial charge in [-0.25, -0.2) is 0 Å². The Kier molecular flexibility index (Phi) is 6.57. The van der Waals surface area contributed by atoms with Crippen LogP contribution in [0.2, 0.25) is 0 Å². The summed E-state index contributed by atoms with van der Waals surface area (Å²) in [6.45, 7) is 6.17. The Bertz CT molecular complexity index is 743. The first kappa shape index (κ1) is 18.5. The van der Waals surface area contributed by atoms with Gasteiger partial charge in [0.25, 0.3) is 5.91 Å². The number of ether oxygens (including phenoxy) is 1. The summed E-state index contributed by atoms with van der Waals surface area (Å²) < 4.78 is 5.44. The van der Waals surface area contributed by atoms with Crippen molar-refractivity contribution in [2.45, 2.75) is 26.8 Å². The topological polar surface area (TPSA) is 67.4 Å². The van der Waals surface area contributed by atoms with E-state index in [9.17, 15) is 9.59 Å². The van der Waals surface area contributed by atoms with Crippen molar-refractivity contribution >= 4 is 11.8 Å². The molecule has 0 aliphatic heterocycles. The lowest BCUT2D eigenvalue weighted by atomic mass is 10.0. The van der Waals surface area contributed by atoms with Crippen LogP contribution in [0, 0.1) is 6.92 Å². The Hall–Kier alpha value is -2.82. The van der Waals surface area contributed by atoms with E-state index < -0.39 is 0 Å². The van der Waals surface area contributed by atoms with Gasteiger partial charge in [-0.05, 0) is 44.0 Å². The molecule has 0 bridgehead atoms. The van der Waals surface area contributed by atoms with E-state index in [2.05, 4.69) is 10.6 Å². The van der Waals surface area contributed by atoms with Gasteiger partial charge in [-0.2, -0.15) is 0 Å². The number of hydrogen-bond donors (Lipinski definition) is 2. The number of benzene rings is 2. The maximum Gasteiger partial charge on any atom is 0.255 e. The molecule has 0 aliphatic carbocycles. The first-order chi connectivity index (χ1) is 12.0. The minimum absolute atomic E-state index is 0.0878. The Morgan fingerprint density at radius 3 is 2.48 bits per heavy atom. The smallest absolute Gasteiger partial charge is 0.255 e. The Labute approximate surface area is 148 Å². The van der Waals surface area contributed by atoms with Crippen molar-refractivity contribution in [3.05, 3.63) is 65.2 Å². The van der Waals surface area contributed by atoms with Crippen molar-refractivity contribution < 1.29 is 14.3 Å². The molecular weight excluding hydrogens is 316 g/mol. The van der Waals surface area contributed by atoms with Crippen molar-refractivity contribution in [3.8, 4) is 5.75 Å². The predicted octanol–water partition coefficient (Wildman–Crippen LogP) is 3.00. The lowest BCUT2D eigenvalue weighted by Gasteiger charge is -2.17. The fraction of sp³-hybridized carbons (Fsp3) is 0.300. The van der Waals surface area contributed by atoms with Crippen LogP contribution in [0.4, 0.5) is 0 Å². The molecule has 0 spiro atoms. The van der Waals surface area contributed by atoms with E-state index in [-0.39, 0.29) is 24.4 Å². The fourth-order valence-electron chi connectivity index (χ4n) is 2.63. The summed E-state index contributed by atoms with van der Waals surface area (Å²) >= 11 is 0. The molecule has 2 amide bonds. The molecule has 1 unspecified atom stereocenters. The van der Waals surface area contributed by atoms with E-state index in [1.54, 1.807) is 24.3 Å². The first-order valence-corrected chi connectivity index (χ1v) is 8.37. The molecule has 2 rings (SSSR count). The van der Waals surface area contributed by atoms with Gasteiger partial charge in [0.1, 0.15) is 5.75 Å². The molecule has 0 fully saturated rings.